The van der Waals surface area contributed by atoms with Gasteiger partial charge in [-0.25, -0.2) is 4.79 Å². The minimum atomic E-state index is -1.09. The van der Waals surface area contributed by atoms with Crippen LogP contribution in [0.25, 0.3) is 0 Å². The van der Waals surface area contributed by atoms with Gasteiger partial charge in [-0.2, -0.15) is 0 Å². The van der Waals surface area contributed by atoms with Crippen LogP contribution < -0.4 is 0 Å². The number of amides is 1. The molecule has 0 spiro atoms. The van der Waals surface area contributed by atoms with E-state index in [1.165, 1.54) is 11.6 Å². The summed E-state index contributed by atoms with van der Waals surface area (Å²) in [6, 6.07) is 11.6. The number of likely N-dealkylation sites (tertiary alicyclic amines) is 1. The topological polar surface area (TPSA) is 70.7 Å². The van der Waals surface area contributed by atoms with E-state index in [2.05, 4.69) is 12.1 Å². The highest BCUT2D eigenvalue weighted by atomic mass is 16.4. The first-order chi connectivity index (χ1) is 11.1. The van der Waals surface area contributed by atoms with Crippen molar-refractivity contribution in [2.45, 2.75) is 19.3 Å². The van der Waals surface area contributed by atoms with Crippen molar-refractivity contribution in [3.63, 3.8) is 0 Å². The maximum atomic E-state index is 12.5. The molecule has 1 aliphatic heterocycles. The van der Waals surface area contributed by atoms with Gasteiger partial charge in [0.05, 0.1) is 5.56 Å². The number of hydrogen-bond acceptors (Lipinski definition) is 3. The normalized spacial score (nSPS) is 17.9. The Morgan fingerprint density at radius 2 is 2.04 bits per heavy atom. The number of carboxylic acid groups (broad SMARTS) is 1. The van der Waals surface area contributed by atoms with Crippen molar-refractivity contribution >= 4 is 11.9 Å². The molecule has 1 aromatic heterocycles. The molecular weight excluding hydrogens is 294 g/mol. The highest BCUT2D eigenvalue weighted by Crippen LogP contribution is 2.22. The number of nitrogens with zero attached hydrogens (tertiary/aromatic N) is 1. The smallest absolute Gasteiger partial charge is 0.338 e. The third-order valence-corrected chi connectivity index (χ3v) is 4.23. The third-order valence-electron chi connectivity index (χ3n) is 4.23. The zero-order valence-electron chi connectivity index (χ0n) is 12.8. The van der Waals surface area contributed by atoms with E-state index in [9.17, 15) is 9.59 Å². The summed E-state index contributed by atoms with van der Waals surface area (Å²) in [4.78, 5) is 25.1. The summed E-state index contributed by atoms with van der Waals surface area (Å²) in [5, 5.41) is 8.91. The molecule has 2 heterocycles. The van der Waals surface area contributed by atoms with Crippen molar-refractivity contribution in [3.05, 3.63) is 59.5 Å². The van der Waals surface area contributed by atoms with Gasteiger partial charge < -0.3 is 14.4 Å². The lowest BCUT2D eigenvalue weighted by Crippen LogP contribution is -2.40. The molecular formula is C18H19NO4. The van der Waals surface area contributed by atoms with Gasteiger partial charge >= 0.3 is 5.97 Å². The Balaban J connectivity index is 1.65. The highest BCUT2D eigenvalue weighted by molar-refractivity contribution is 5.95. The largest absolute Gasteiger partial charge is 0.478 e. The van der Waals surface area contributed by atoms with Crippen LogP contribution in [-0.2, 0) is 6.42 Å². The van der Waals surface area contributed by atoms with E-state index in [4.69, 9.17) is 9.52 Å². The van der Waals surface area contributed by atoms with E-state index in [1.54, 1.807) is 4.90 Å². The van der Waals surface area contributed by atoms with Crippen molar-refractivity contribution in [1.82, 2.24) is 4.90 Å². The molecule has 3 rings (SSSR count). The number of furan rings is 1. The Morgan fingerprint density at radius 3 is 2.74 bits per heavy atom. The Morgan fingerprint density at radius 1 is 1.26 bits per heavy atom. The molecule has 1 fully saturated rings. The number of aromatic carboxylic acids is 1. The Labute approximate surface area is 134 Å². The fraction of sp³-hybridized carbons (Fsp3) is 0.333. The SMILES string of the molecule is O=C(O)c1coc(C(=O)N2CCCC(Cc3ccccc3)C2)c1. The molecule has 1 atom stereocenters. The van der Waals surface area contributed by atoms with Gasteiger partial charge in [0.2, 0.25) is 0 Å². The van der Waals surface area contributed by atoms with Crippen LogP contribution in [0.1, 0.15) is 39.3 Å². The highest BCUT2D eigenvalue weighted by Gasteiger charge is 2.27. The molecule has 0 bridgehead atoms. The van der Waals surface area contributed by atoms with Gasteiger partial charge in [-0.05, 0) is 30.7 Å². The Hall–Kier alpha value is -2.56. The molecule has 0 saturated carbocycles. The third kappa shape index (κ3) is 3.62. The Kier molecular flexibility index (Phi) is 4.46. The monoisotopic (exact) mass is 313 g/mol. The molecule has 1 saturated heterocycles. The predicted octanol–water partition coefficient (Wildman–Crippen LogP) is 3.07. The van der Waals surface area contributed by atoms with E-state index in [1.807, 2.05) is 18.2 Å². The first-order valence-electron chi connectivity index (χ1n) is 7.78. The summed E-state index contributed by atoms with van der Waals surface area (Å²) < 4.78 is 5.12. The van der Waals surface area contributed by atoms with Gasteiger partial charge in [-0.15, -0.1) is 0 Å². The average Bonchev–Trinajstić information content (AvgIpc) is 3.06. The predicted molar refractivity (Wildman–Crippen MR) is 84.4 cm³/mol. The maximum absolute atomic E-state index is 12.5. The van der Waals surface area contributed by atoms with E-state index in [0.29, 0.717) is 19.0 Å². The van der Waals surface area contributed by atoms with Crippen LogP contribution in [0.2, 0.25) is 0 Å². The molecule has 0 aliphatic carbocycles. The number of carboxylic acids is 1. The van der Waals surface area contributed by atoms with Crippen LogP contribution in [0.4, 0.5) is 0 Å². The van der Waals surface area contributed by atoms with Gasteiger partial charge in [-0.1, -0.05) is 30.3 Å². The van der Waals surface area contributed by atoms with E-state index < -0.39 is 5.97 Å². The molecule has 23 heavy (non-hydrogen) atoms. The van der Waals surface area contributed by atoms with E-state index in [0.717, 1.165) is 25.5 Å². The summed E-state index contributed by atoms with van der Waals surface area (Å²) >= 11 is 0. The number of hydrogen-bond donors (Lipinski definition) is 1. The maximum Gasteiger partial charge on any atom is 0.338 e. The van der Waals surface area contributed by atoms with Gasteiger partial charge in [-0.3, -0.25) is 4.79 Å². The van der Waals surface area contributed by atoms with Crippen LogP contribution in [-0.4, -0.2) is 35.0 Å². The van der Waals surface area contributed by atoms with Gasteiger partial charge in [0.1, 0.15) is 6.26 Å². The van der Waals surface area contributed by atoms with Crippen molar-refractivity contribution in [2.24, 2.45) is 5.92 Å². The molecule has 2 aromatic rings. The van der Waals surface area contributed by atoms with Crippen LogP contribution in [0.3, 0.4) is 0 Å². The Bertz CT molecular complexity index is 692. The van der Waals surface area contributed by atoms with E-state index in [-0.39, 0.29) is 17.2 Å². The lowest BCUT2D eigenvalue weighted by atomic mass is 9.91. The molecule has 120 valence electrons. The van der Waals surface area contributed by atoms with Gasteiger partial charge in [0.15, 0.2) is 5.76 Å². The molecule has 1 unspecified atom stereocenters. The zero-order valence-corrected chi connectivity index (χ0v) is 12.8. The second-order valence-corrected chi connectivity index (χ2v) is 5.95. The summed E-state index contributed by atoms with van der Waals surface area (Å²) in [5.41, 5.74) is 1.28. The van der Waals surface area contributed by atoms with Crippen LogP contribution in [0, 0.1) is 5.92 Å². The van der Waals surface area contributed by atoms with E-state index >= 15 is 0 Å². The number of carbonyl (C=O) groups is 2. The fourth-order valence-corrected chi connectivity index (χ4v) is 3.08. The molecule has 1 aromatic carbocycles. The van der Waals surface area contributed by atoms with Crippen LogP contribution in [0.15, 0.2) is 47.1 Å². The average molecular weight is 313 g/mol. The summed E-state index contributed by atoms with van der Waals surface area (Å²) in [6.07, 6.45) is 4.11. The quantitative estimate of drug-likeness (QED) is 0.941. The summed E-state index contributed by atoms with van der Waals surface area (Å²) in [6.45, 7) is 1.37. The molecule has 0 radical (unpaired) electrons. The second kappa shape index (κ2) is 6.69. The minimum absolute atomic E-state index is 0.00574. The molecule has 1 amide bonds. The molecule has 1 aliphatic rings. The lowest BCUT2D eigenvalue weighted by molar-refractivity contribution is 0.0640. The summed E-state index contributed by atoms with van der Waals surface area (Å²) in [5.74, 6) is -0.796. The van der Waals surface area contributed by atoms with Crippen molar-refractivity contribution < 1.29 is 19.1 Å². The first-order valence-corrected chi connectivity index (χ1v) is 7.78. The summed E-state index contributed by atoms with van der Waals surface area (Å²) in [7, 11) is 0. The van der Waals surface area contributed by atoms with Crippen LogP contribution in [0.5, 0.6) is 0 Å². The molecule has 5 heteroatoms. The molecule has 1 N–H and O–H groups in total. The first kappa shape index (κ1) is 15.3. The standard InChI is InChI=1S/C18H19NO4/c20-17(16-10-15(12-23-16)18(21)22)19-8-4-7-14(11-19)9-13-5-2-1-3-6-13/h1-3,5-6,10,12,14H,4,7-9,11H2,(H,21,22). The number of piperidine rings is 1. The number of benzene rings is 1. The number of carbonyl (C=O) groups excluding carboxylic acids is 1. The lowest BCUT2D eigenvalue weighted by Gasteiger charge is -2.32. The number of rotatable bonds is 4. The van der Waals surface area contributed by atoms with Crippen molar-refractivity contribution in [1.29, 1.82) is 0 Å². The van der Waals surface area contributed by atoms with Gasteiger partial charge in [0, 0.05) is 19.2 Å². The zero-order chi connectivity index (χ0) is 16.2. The van der Waals surface area contributed by atoms with Crippen LogP contribution >= 0.6 is 0 Å². The van der Waals surface area contributed by atoms with Crippen molar-refractivity contribution in [3.8, 4) is 0 Å². The van der Waals surface area contributed by atoms with Crippen molar-refractivity contribution in [2.75, 3.05) is 13.1 Å². The second-order valence-electron chi connectivity index (χ2n) is 5.95. The fourth-order valence-electron chi connectivity index (χ4n) is 3.08. The minimum Gasteiger partial charge on any atom is -0.478 e. The van der Waals surface area contributed by atoms with Gasteiger partial charge in [0.25, 0.3) is 5.91 Å². The molecule has 5 nitrogen and oxygen atoms in total.